The summed E-state index contributed by atoms with van der Waals surface area (Å²) in [6.45, 7) is 23.5. The minimum atomic E-state index is -0.860. The third-order valence-corrected chi connectivity index (χ3v) is 3.83. The van der Waals surface area contributed by atoms with Gasteiger partial charge in [0, 0.05) is 22.8 Å². The van der Waals surface area contributed by atoms with E-state index in [9.17, 15) is 19.2 Å². The lowest BCUT2D eigenvalue weighted by Crippen LogP contribution is -2.39. The number of ether oxygens (including phenoxy) is 4. The fourth-order valence-electron chi connectivity index (χ4n) is 1.66. The molecule has 0 fully saturated rings. The first-order chi connectivity index (χ1) is 14.9. The van der Waals surface area contributed by atoms with Crippen molar-refractivity contribution in [2.75, 3.05) is 26.4 Å². The van der Waals surface area contributed by atoms with Gasteiger partial charge < -0.3 is 18.9 Å². The summed E-state index contributed by atoms with van der Waals surface area (Å²) in [7, 11) is 0. The zero-order valence-electron chi connectivity index (χ0n) is 19.5. The predicted molar refractivity (Wildman–Crippen MR) is 121 cm³/mol. The molecule has 0 aliphatic rings. The lowest BCUT2D eigenvalue weighted by molar-refractivity contribution is -0.157. The van der Waals surface area contributed by atoms with Crippen molar-refractivity contribution in [1.29, 1.82) is 0 Å². The number of hydrogen-bond acceptors (Lipinski definition) is 8. The van der Waals surface area contributed by atoms with Gasteiger partial charge in [0.05, 0.1) is 5.41 Å². The molecule has 0 saturated heterocycles. The summed E-state index contributed by atoms with van der Waals surface area (Å²) in [5, 5.41) is 0. The predicted octanol–water partition coefficient (Wildman–Crippen LogP) is 3.64. The van der Waals surface area contributed by atoms with Crippen LogP contribution in [0.3, 0.4) is 0 Å². The number of esters is 4. The monoisotopic (exact) mass is 450 g/mol. The highest BCUT2D eigenvalue weighted by atomic mass is 16.6. The number of rotatable bonds is 13. The average molecular weight is 451 g/mol. The van der Waals surface area contributed by atoms with Crippen molar-refractivity contribution in [3.05, 3.63) is 61.8 Å². The van der Waals surface area contributed by atoms with E-state index in [4.69, 9.17) is 14.2 Å². The van der Waals surface area contributed by atoms with E-state index in [0.717, 1.165) is 6.08 Å². The van der Waals surface area contributed by atoms with Crippen molar-refractivity contribution in [2.24, 2.45) is 5.41 Å². The van der Waals surface area contributed by atoms with Crippen molar-refractivity contribution in [1.82, 2.24) is 0 Å². The third-order valence-electron chi connectivity index (χ3n) is 3.83. The summed E-state index contributed by atoms with van der Waals surface area (Å²) in [5.41, 5.74) is -0.116. The lowest BCUT2D eigenvalue weighted by atomic mass is 9.88. The fourth-order valence-corrected chi connectivity index (χ4v) is 1.66. The van der Waals surface area contributed by atoms with Crippen molar-refractivity contribution >= 4 is 23.9 Å². The Morgan fingerprint density at radius 1 is 0.719 bits per heavy atom. The zero-order chi connectivity index (χ0) is 25.3. The fraction of sp³-hybridized carbons (Fsp3) is 0.417. The molecule has 32 heavy (non-hydrogen) atoms. The Hall–Kier alpha value is -3.42. The Morgan fingerprint density at radius 2 is 1.06 bits per heavy atom. The Bertz CT molecular complexity index is 671. The van der Waals surface area contributed by atoms with Crippen LogP contribution in [0, 0.1) is 5.41 Å². The molecule has 0 aromatic rings. The SMILES string of the molecule is C=C(C)C(=O)OCC(CC)(COC(=O)C(=C)C)COC(=O)C(=C)C.C=CCOC(=O)C=C. The largest absolute Gasteiger partial charge is 0.461 e. The Morgan fingerprint density at radius 3 is 1.28 bits per heavy atom. The molecule has 0 aliphatic carbocycles. The van der Waals surface area contributed by atoms with Crippen molar-refractivity contribution in [3.8, 4) is 0 Å². The second kappa shape index (κ2) is 16.3. The molecule has 0 spiro atoms. The first kappa shape index (κ1) is 30.8. The van der Waals surface area contributed by atoms with Crippen LogP contribution in [0.1, 0.15) is 34.1 Å². The van der Waals surface area contributed by atoms with Crippen LogP contribution < -0.4 is 0 Å². The summed E-state index contributed by atoms with van der Waals surface area (Å²) in [6, 6.07) is 0. The molecule has 0 heterocycles. The highest BCUT2D eigenvalue weighted by molar-refractivity contribution is 5.88. The van der Waals surface area contributed by atoms with Crippen LogP contribution in [0.25, 0.3) is 0 Å². The van der Waals surface area contributed by atoms with Crippen LogP contribution in [0.4, 0.5) is 0 Å². The van der Waals surface area contributed by atoms with Gasteiger partial charge in [-0.3, -0.25) is 0 Å². The van der Waals surface area contributed by atoms with E-state index < -0.39 is 29.3 Å². The molecular weight excluding hydrogens is 416 g/mol. The van der Waals surface area contributed by atoms with Crippen molar-refractivity contribution < 1.29 is 38.1 Å². The molecule has 0 unspecified atom stereocenters. The van der Waals surface area contributed by atoms with Crippen LogP contribution in [0.5, 0.6) is 0 Å². The molecule has 0 amide bonds. The molecule has 0 bridgehead atoms. The topological polar surface area (TPSA) is 105 Å². The summed E-state index contributed by atoms with van der Waals surface area (Å²) in [5.74, 6) is -2.11. The minimum Gasteiger partial charge on any atom is -0.461 e. The number of hydrogen-bond donors (Lipinski definition) is 0. The molecule has 0 N–H and O–H groups in total. The van der Waals surface area contributed by atoms with Gasteiger partial charge in [0.25, 0.3) is 0 Å². The maximum Gasteiger partial charge on any atom is 0.333 e. The Kier molecular flexibility index (Phi) is 15.7. The molecule has 0 radical (unpaired) electrons. The van der Waals surface area contributed by atoms with Crippen LogP contribution in [-0.2, 0) is 38.1 Å². The van der Waals surface area contributed by atoms with E-state index in [1.165, 1.54) is 26.8 Å². The molecule has 178 valence electrons. The smallest absolute Gasteiger partial charge is 0.333 e. The van der Waals surface area contributed by atoms with Crippen LogP contribution in [0.15, 0.2) is 61.8 Å². The van der Waals surface area contributed by atoms with Gasteiger partial charge in [-0.1, -0.05) is 45.9 Å². The first-order valence-corrected chi connectivity index (χ1v) is 9.73. The van der Waals surface area contributed by atoms with Gasteiger partial charge in [-0.25, -0.2) is 19.2 Å². The normalized spacial score (nSPS) is 9.75. The molecular formula is C24H34O8. The van der Waals surface area contributed by atoms with E-state index in [2.05, 4.69) is 37.6 Å². The summed E-state index contributed by atoms with van der Waals surface area (Å²) in [4.78, 5) is 45.1. The van der Waals surface area contributed by atoms with Gasteiger partial charge in [0.15, 0.2) is 0 Å². The molecule has 0 atom stereocenters. The van der Waals surface area contributed by atoms with E-state index in [1.807, 2.05) is 6.92 Å². The second-order valence-corrected chi connectivity index (χ2v) is 7.05. The first-order valence-electron chi connectivity index (χ1n) is 9.73. The quantitative estimate of drug-likeness (QED) is 0.181. The van der Waals surface area contributed by atoms with Gasteiger partial charge in [-0.15, -0.1) is 0 Å². The van der Waals surface area contributed by atoms with Crippen molar-refractivity contribution in [2.45, 2.75) is 34.1 Å². The van der Waals surface area contributed by atoms with Crippen molar-refractivity contribution in [3.63, 3.8) is 0 Å². The average Bonchev–Trinajstić information content (AvgIpc) is 2.76. The molecule has 0 saturated carbocycles. The van der Waals surface area contributed by atoms with E-state index in [1.54, 1.807) is 0 Å². The minimum absolute atomic E-state index is 0.0812. The van der Waals surface area contributed by atoms with Crippen LogP contribution >= 0.6 is 0 Å². The maximum absolute atomic E-state index is 11.6. The third kappa shape index (κ3) is 13.7. The molecule has 8 heteroatoms. The standard InChI is InChI=1S/C18H26O6.C6H8O2/c1-8-18(9-22-15(19)12(2)3,10-23-16(20)13(4)5)11-24-17(21)14(6)7;1-3-5-8-6(7)4-2/h2,4,6,8-11H2,1,3,5,7H3;3-4H,1-2,5H2. The van der Waals surface area contributed by atoms with Crippen LogP contribution in [-0.4, -0.2) is 50.3 Å². The Labute approximate surface area is 190 Å². The van der Waals surface area contributed by atoms with Gasteiger partial charge in [0.2, 0.25) is 0 Å². The van der Waals surface area contributed by atoms with Crippen LogP contribution in [0.2, 0.25) is 0 Å². The van der Waals surface area contributed by atoms with E-state index in [-0.39, 0.29) is 43.1 Å². The van der Waals surface area contributed by atoms with Gasteiger partial charge >= 0.3 is 23.9 Å². The van der Waals surface area contributed by atoms with E-state index >= 15 is 0 Å². The molecule has 0 aromatic carbocycles. The number of carbonyl (C=O) groups is 4. The molecule has 0 aliphatic heterocycles. The zero-order valence-corrected chi connectivity index (χ0v) is 19.5. The van der Waals surface area contributed by atoms with Gasteiger partial charge in [-0.05, 0) is 27.2 Å². The summed E-state index contributed by atoms with van der Waals surface area (Å²) in [6.07, 6.45) is 3.06. The highest BCUT2D eigenvalue weighted by Crippen LogP contribution is 2.25. The lowest BCUT2D eigenvalue weighted by Gasteiger charge is -2.31. The number of carbonyl (C=O) groups excluding carboxylic acids is 4. The van der Waals surface area contributed by atoms with E-state index in [0.29, 0.717) is 6.42 Å². The second-order valence-electron chi connectivity index (χ2n) is 7.05. The molecule has 0 rings (SSSR count). The Balaban J connectivity index is 0. The summed E-state index contributed by atoms with van der Waals surface area (Å²) >= 11 is 0. The summed E-state index contributed by atoms with van der Waals surface area (Å²) < 4.78 is 20.0. The van der Waals surface area contributed by atoms with Gasteiger partial charge in [-0.2, -0.15) is 0 Å². The maximum atomic E-state index is 11.6. The molecule has 0 aromatic heterocycles. The molecule has 8 nitrogen and oxygen atoms in total. The van der Waals surface area contributed by atoms with Gasteiger partial charge in [0.1, 0.15) is 26.4 Å². The highest BCUT2D eigenvalue weighted by Gasteiger charge is 2.34.